The number of thioether (sulfide) groups is 1. The van der Waals surface area contributed by atoms with Crippen LogP contribution in [0.1, 0.15) is 41.0 Å². The molecule has 2 nitrogen and oxygen atoms in total. The number of nitrogens with zero attached hydrogens (tertiary/aromatic N) is 1. The Hall–Kier alpha value is 0.270. The van der Waals surface area contributed by atoms with E-state index in [4.69, 9.17) is 5.73 Å². The maximum atomic E-state index is 6.23. The second-order valence-corrected chi connectivity index (χ2v) is 7.14. The number of rotatable bonds is 7. The molecule has 1 unspecified atom stereocenters. The van der Waals surface area contributed by atoms with Gasteiger partial charge in [-0.2, -0.15) is 11.8 Å². The van der Waals surface area contributed by atoms with Gasteiger partial charge < -0.3 is 10.6 Å². The van der Waals surface area contributed by atoms with E-state index in [0.29, 0.717) is 6.04 Å². The molecule has 0 saturated heterocycles. The van der Waals surface area contributed by atoms with E-state index in [1.165, 1.54) is 12.2 Å². The van der Waals surface area contributed by atoms with Gasteiger partial charge in [-0.3, -0.25) is 0 Å². The monoisotopic (exact) mass is 246 g/mol. The predicted molar refractivity (Wildman–Crippen MR) is 77.1 cm³/mol. The number of nitrogens with two attached hydrogens (primary N) is 1. The molecule has 0 aliphatic carbocycles. The second-order valence-electron chi connectivity index (χ2n) is 6.15. The van der Waals surface area contributed by atoms with Gasteiger partial charge in [-0.05, 0) is 51.7 Å². The molecule has 0 aromatic carbocycles. The molecule has 0 radical (unpaired) electrons. The molecule has 0 aliphatic heterocycles. The zero-order valence-electron chi connectivity index (χ0n) is 12.1. The molecule has 98 valence electrons. The van der Waals surface area contributed by atoms with Gasteiger partial charge in [0.25, 0.3) is 0 Å². The predicted octanol–water partition coefficient (Wildman–Crippen LogP) is 2.82. The third-order valence-corrected chi connectivity index (χ3v) is 4.53. The van der Waals surface area contributed by atoms with Crippen LogP contribution in [0, 0.1) is 5.41 Å². The molecule has 1 atom stereocenters. The lowest BCUT2D eigenvalue weighted by molar-refractivity contribution is 0.107. The Morgan fingerprint density at radius 2 is 1.75 bits per heavy atom. The molecule has 0 aliphatic rings. The van der Waals surface area contributed by atoms with E-state index in [2.05, 4.69) is 52.8 Å². The van der Waals surface area contributed by atoms with Crippen LogP contribution < -0.4 is 5.73 Å². The Bertz CT molecular complexity index is 197. The fraction of sp³-hybridized carbons (Fsp3) is 1.00. The number of hydrogen-bond acceptors (Lipinski definition) is 3. The molecular formula is C13H30N2S. The highest BCUT2D eigenvalue weighted by Crippen LogP contribution is 2.29. The Labute approximate surface area is 106 Å². The summed E-state index contributed by atoms with van der Waals surface area (Å²) in [6.07, 6.45) is 3.42. The first kappa shape index (κ1) is 16.3. The molecular weight excluding hydrogens is 216 g/mol. The van der Waals surface area contributed by atoms with E-state index in [9.17, 15) is 0 Å². The molecule has 0 aromatic heterocycles. The molecule has 0 amide bonds. The molecule has 16 heavy (non-hydrogen) atoms. The van der Waals surface area contributed by atoms with Crippen molar-refractivity contribution in [2.24, 2.45) is 11.1 Å². The maximum absolute atomic E-state index is 6.23. The van der Waals surface area contributed by atoms with Crippen LogP contribution in [0.15, 0.2) is 0 Å². The molecule has 0 rings (SSSR count). The molecule has 0 saturated carbocycles. The first-order valence-corrected chi connectivity index (χ1v) is 7.49. The van der Waals surface area contributed by atoms with Gasteiger partial charge >= 0.3 is 0 Å². The fourth-order valence-corrected chi connectivity index (χ4v) is 2.07. The van der Waals surface area contributed by atoms with Crippen LogP contribution >= 0.6 is 11.8 Å². The van der Waals surface area contributed by atoms with Crippen molar-refractivity contribution >= 4 is 11.8 Å². The SMILES string of the molecule is CSCCC(C)N(C)CC(C)(C)C(C)(C)N. The maximum Gasteiger partial charge on any atom is 0.0161 e. The van der Waals surface area contributed by atoms with E-state index in [1.54, 1.807) is 0 Å². The highest BCUT2D eigenvalue weighted by molar-refractivity contribution is 7.98. The summed E-state index contributed by atoms with van der Waals surface area (Å²) in [4.78, 5) is 2.44. The summed E-state index contributed by atoms with van der Waals surface area (Å²) >= 11 is 1.92. The van der Waals surface area contributed by atoms with Gasteiger partial charge in [0.05, 0.1) is 0 Å². The minimum Gasteiger partial charge on any atom is -0.325 e. The highest BCUT2D eigenvalue weighted by Gasteiger charge is 2.34. The van der Waals surface area contributed by atoms with Crippen LogP contribution in [-0.4, -0.2) is 42.1 Å². The smallest absolute Gasteiger partial charge is 0.0161 e. The largest absolute Gasteiger partial charge is 0.325 e. The van der Waals surface area contributed by atoms with Crippen molar-refractivity contribution in [3.63, 3.8) is 0 Å². The lowest BCUT2D eigenvalue weighted by Crippen LogP contribution is -2.53. The normalized spacial score (nSPS) is 15.6. The van der Waals surface area contributed by atoms with Gasteiger partial charge in [-0.1, -0.05) is 13.8 Å². The molecule has 0 heterocycles. The van der Waals surface area contributed by atoms with E-state index in [0.717, 1.165) is 6.54 Å². The van der Waals surface area contributed by atoms with Gasteiger partial charge in [-0.15, -0.1) is 0 Å². The van der Waals surface area contributed by atoms with Crippen LogP contribution in [0.25, 0.3) is 0 Å². The summed E-state index contributed by atoms with van der Waals surface area (Å²) in [5.41, 5.74) is 6.23. The minimum atomic E-state index is -0.138. The van der Waals surface area contributed by atoms with Crippen molar-refractivity contribution in [1.82, 2.24) is 4.90 Å². The van der Waals surface area contributed by atoms with E-state index >= 15 is 0 Å². The molecule has 2 N–H and O–H groups in total. The van der Waals surface area contributed by atoms with Crippen molar-refractivity contribution in [1.29, 1.82) is 0 Å². The van der Waals surface area contributed by atoms with Crippen LogP contribution in [0.3, 0.4) is 0 Å². The average molecular weight is 246 g/mol. The van der Waals surface area contributed by atoms with Crippen molar-refractivity contribution in [3.05, 3.63) is 0 Å². The molecule has 0 bridgehead atoms. The highest BCUT2D eigenvalue weighted by atomic mass is 32.2. The summed E-state index contributed by atoms with van der Waals surface area (Å²) < 4.78 is 0. The van der Waals surface area contributed by atoms with Gasteiger partial charge in [0.2, 0.25) is 0 Å². The Morgan fingerprint density at radius 1 is 1.25 bits per heavy atom. The van der Waals surface area contributed by atoms with E-state index in [1.807, 2.05) is 11.8 Å². The Morgan fingerprint density at radius 3 is 2.12 bits per heavy atom. The van der Waals surface area contributed by atoms with Gasteiger partial charge in [0.15, 0.2) is 0 Å². The van der Waals surface area contributed by atoms with Crippen LogP contribution in [0.4, 0.5) is 0 Å². The third-order valence-electron chi connectivity index (χ3n) is 3.88. The second kappa shape index (κ2) is 6.27. The Kier molecular flexibility index (Phi) is 6.38. The van der Waals surface area contributed by atoms with Crippen molar-refractivity contribution < 1.29 is 0 Å². The zero-order chi connectivity index (χ0) is 13.0. The van der Waals surface area contributed by atoms with Crippen LogP contribution in [0.5, 0.6) is 0 Å². The molecule has 0 fully saturated rings. The first-order valence-electron chi connectivity index (χ1n) is 6.10. The van der Waals surface area contributed by atoms with Crippen molar-refractivity contribution in [2.45, 2.75) is 52.6 Å². The van der Waals surface area contributed by atoms with Gasteiger partial charge in [-0.25, -0.2) is 0 Å². The topological polar surface area (TPSA) is 29.3 Å². The summed E-state index contributed by atoms with van der Waals surface area (Å²) in [7, 11) is 2.21. The standard InChI is InChI=1S/C13H30N2S/c1-11(8-9-16-7)15(6)10-12(2,3)13(4,5)14/h11H,8-10,14H2,1-7H3. The fourth-order valence-electron chi connectivity index (χ4n) is 1.49. The van der Waals surface area contributed by atoms with Crippen molar-refractivity contribution in [2.75, 3.05) is 25.6 Å². The summed E-state index contributed by atoms with van der Waals surface area (Å²) in [6.45, 7) is 12.1. The molecule has 0 aromatic rings. The first-order chi connectivity index (χ1) is 7.12. The quantitative estimate of drug-likeness (QED) is 0.749. The summed E-state index contributed by atoms with van der Waals surface area (Å²) in [5, 5.41) is 0. The minimum absolute atomic E-state index is 0.134. The molecule has 3 heteroatoms. The Balaban J connectivity index is 4.27. The zero-order valence-corrected chi connectivity index (χ0v) is 12.9. The summed E-state index contributed by atoms with van der Waals surface area (Å²) in [6, 6.07) is 0.633. The van der Waals surface area contributed by atoms with E-state index in [-0.39, 0.29) is 11.0 Å². The van der Waals surface area contributed by atoms with Gasteiger partial charge in [0.1, 0.15) is 0 Å². The number of hydrogen-bond donors (Lipinski definition) is 1. The van der Waals surface area contributed by atoms with Crippen LogP contribution in [0.2, 0.25) is 0 Å². The lowest BCUT2D eigenvalue weighted by Gasteiger charge is -2.42. The third kappa shape index (κ3) is 5.07. The lowest BCUT2D eigenvalue weighted by atomic mass is 9.75. The van der Waals surface area contributed by atoms with Crippen LogP contribution in [-0.2, 0) is 0 Å². The average Bonchev–Trinajstić information content (AvgIpc) is 2.11. The van der Waals surface area contributed by atoms with Crippen molar-refractivity contribution in [3.8, 4) is 0 Å². The molecule has 0 spiro atoms. The summed E-state index contributed by atoms with van der Waals surface area (Å²) in [5.74, 6) is 1.23. The van der Waals surface area contributed by atoms with Gasteiger partial charge in [0, 0.05) is 18.1 Å². The van der Waals surface area contributed by atoms with E-state index < -0.39 is 0 Å².